The average Bonchev–Trinajstić information content (AvgIpc) is 3.09. The zero-order valence-corrected chi connectivity index (χ0v) is 16.3. The van der Waals surface area contributed by atoms with Crippen LogP contribution in [0.1, 0.15) is 31.5 Å². The maximum atomic E-state index is 12.4. The first-order chi connectivity index (χ1) is 13.6. The van der Waals surface area contributed by atoms with Gasteiger partial charge in [0.15, 0.2) is 0 Å². The highest BCUT2D eigenvalue weighted by Crippen LogP contribution is 2.45. The van der Waals surface area contributed by atoms with Crippen molar-refractivity contribution in [1.29, 1.82) is 5.26 Å². The molecule has 5 atom stereocenters. The number of nitriles is 1. The minimum Gasteiger partial charge on any atom is -0.356 e. The Kier molecular flexibility index (Phi) is 5.00. The Morgan fingerprint density at radius 2 is 2.04 bits per heavy atom. The number of carbonyl (C=O) groups is 1. The number of hydrogen-bond donors (Lipinski definition) is 1. The molecule has 1 saturated heterocycles. The number of rotatable bonds is 3. The summed E-state index contributed by atoms with van der Waals surface area (Å²) in [6.07, 6.45) is 7.17. The van der Waals surface area contributed by atoms with E-state index in [2.05, 4.69) is 36.3 Å². The Morgan fingerprint density at radius 3 is 2.79 bits per heavy atom. The number of amides is 1. The van der Waals surface area contributed by atoms with Gasteiger partial charge >= 0.3 is 0 Å². The summed E-state index contributed by atoms with van der Waals surface area (Å²) in [6.45, 7) is 5.37. The Morgan fingerprint density at radius 1 is 1.21 bits per heavy atom. The van der Waals surface area contributed by atoms with Crippen LogP contribution in [0, 0.1) is 40.9 Å². The molecule has 142 valence electrons. The highest BCUT2D eigenvalue weighted by molar-refractivity contribution is 5.82. The lowest BCUT2D eigenvalue weighted by atomic mass is 9.64. The van der Waals surface area contributed by atoms with Crippen LogP contribution in [-0.2, 0) is 4.79 Å². The van der Waals surface area contributed by atoms with Crippen LogP contribution in [0.5, 0.6) is 0 Å². The molecule has 1 aliphatic carbocycles. The molecule has 28 heavy (non-hydrogen) atoms. The molecule has 0 bridgehead atoms. The van der Waals surface area contributed by atoms with Crippen molar-refractivity contribution >= 4 is 12.0 Å². The van der Waals surface area contributed by atoms with Gasteiger partial charge in [0.2, 0.25) is 5.91 Å². The van der Waals surface area contributed by atoms with Crippen molar-refractivity contribution in [2.75, 3.05) is 6.54 Å². The standard InChI is InChI=1S/C24H25N3O/c1-15-11-19-14-27-24(28)23(19)21(16(15)2)10-9-20-8-7-18(13-26-20)22-6-4-3-5-17(22)12-25/h3-10,13,15-16,19,21,23H,11,14H2,1-2H3,(H,27,28)/b10-9+/t15-,16+,19+,21-,23-/m0/s1. The van der Waals surface area contributed by atoms with Gasteiger partial charge in [-0.05, 0) is 48.3 Å². The SMILES string of the molecule is C[C@H]1[C@H](/C=C/c2ccc(-c3ccccc3C#N)cn2)[C@H]2C(=O)NC[C@H]2C[C@@H]1C. The van der Waals surface area contributed by atoms with E-state index in [9.17, 15) is 10.1 Å². The second kappa shape index (κ2) is 7.59. The molecule has 0 unspecified atom stereocenters. The van der Waals surface area contributed by atoms with Gasteiger partial charge in [-0.25, -0.2) is 0 Å². The van der Waals surface area contributed by atoms with Crippen LogP contribution in [0.3, 0.4) is 0 Å². The van der Waals surface area contributed by atoms with Gasteiger partial charge < -0.3 is 5.32 Å². The van der Waals surface area contributed by atoms with Gasteiger partial charge in [-0.3, -0.25) is 9.78 Å². The largest absolute Gasteiger partial charge is 0.356 e. The average molecular weight is 371 g/mol. The highest BCUT2D eigenvalue weighted by atomic mass is 16.2. The molecule has 4 heteroatoms. The van der Waals surface area contributed by atoms with Gasteiger partial charge in [-0.15, -0.1) is 0 Å². The molecule has 1 amide bonds. The van der Waals surface area contributed by atoms with Crippen molar-refractivity contribution in [2.24, 2.45) is 29.6 Å². The van der Waals surface area contributed by atoms with Crippen molar-refractivity contribution < 1.29 is 4.79 Å². The molecule has 1 N–H and O–H groups in total. The van der Waals surface area contributed by atoms with Gasteiger partial charge in [-0.1, -0.05) is 44.2 Å². The van der Waals surface area contributed by atoms with Crippen LogP contribution in [0.15, 0.2) is 48.7 Å². The summed E-state index contributed by atoms with van der Waals surface area (Å²) in [6, 6.07) is 13.8. The first-order valence-electron chi connectivity index (χ1n) is 10.00. The predicted molar refractivity (Wildman–Crippen MR) is 110 cm³/mol. The zero-order chi connectivity index (χ0) is 19.7. The van der Waals surface area contributed by atoms with Crippen LogP contribution >= 0.6 is 0 Å². The lowest BCUT2D eigenvalue weighted by Crippen LogP contribution is -2.38. The number of benzene rings is 1. The highest BCUT2D eigenvalue weighted by Gasteiger charge is 2.46. The van der Waals surface area contributed by atoms with E-state index in [1.165, 1.54) is 0 Å². The Labute approximate surface area is 166 Å². The van der Waals surface area contributed by atoms with Crippen molar-refractivity contribution in [3.05, 3.63) is 59.9 Å². The van der Waals surface area contributed by atoms with Gasteiger partial charge in [0, 0.05) is 29.8 Å². The van der Waals surface area contributed by atoms with E-state index in [-0.39, 0.29) is 17.7 Å². The number of carbonyl (C=O) groups excluding carboxylic acids is 1. The third kappa shape index (κ3) is 3.33. The molecule has 0 spiro atoms. The van der Waals surface area contributed by atoms with Gasteiger partial charge in [0.1, 0.15) is 0 Å². The number of fused-ring (bicyclic) bond motifs is 1. The monoisotopic (exact) mass is 371 g/mol. The van der Waals surface area contributed by atoms with E-state index in [4.69, 9.17) is 0 Å². The third-order valence-electron chi connectivity index (χ3n) is 6.58. The maximum Gasteiger partial charge on any atom is 0.224 e. The Bertz CT molecular complexity index is 941. The maximum absolute atomic E-state index is 12.4. The van der Waals surface area contributed by atoms with Crippen LogP contribution < -0.4 is 5.32 Å². The number of nitrogens with one attached hydrogen (secondary N) is 1. The lowest BCUT2D eigenvalue weighted by Gasteiger charge is -2.39. The minimum absolute atomic E-state index is 0.0872. The van der Waals surface area contributed by atoms with E-state index >= 15 is 0 Å². The van der Waals surface area contributed by atoms with Gasteiger partial charge in [0.25, 0.3) is 0 Å². The number of pyridine rings is 1. The summed E-state index contributed by atoms with van der Waals surface area (Å²) in [4.78, 5) is 16.9. The second-order valence-corrected chi connectivity index (χ2v) is 8.17. The minimum atomic E-state index is 0.0872. The van der Waals surface area contributed by atoms with Crippen LogP contribution in [0.4, 0.5) is 0 Å². The number of nitrogens with zero attached hydrogens (tertiary/aromatic N) is 2. The molecule has 2 aromatic rings. The van der Waals surface area contributed by atoms with Crippen LogP contribution in [0.25, 0.3) is 17.2 Å². The zero-order valence-electron chi connectivity index (χ0n) is 16.3. The summed E-state index contributed by atoms with van der Waals surface area (Å²) in [5.74, 6) is 2.08. The van der Waals surface area contributed by atoms with E-state index < -0.39 is 0 Å². The fourth-order valence-electron chi connectivity index (χ4n) is 4.81. The van der Waals surface area contributed by atoms with Gasteiger partial charge in [-0.2, -0.15) is 5.26 Å². The summed E-state index contributed by atoms with van der Waals surface area (Å²) < 4.78 is 0. The van der Waals surface area contributed by atoms with Gasteiger partial charge in [0.05, 0.1) is 17.3 Å². The molecule has 4 nitrogen and oxygen atoms in total. The Balaban J connectivity index is 1.56. The third-order valence-corrected chi connectivity index (χ3v) is 6.58. The van der Waals surface area contributed by atoms with E-state index in [0.29, 0.717) is 23.3 Å². The van der Waals surface area contributed by atoms with E-state index in [0.717, 1.165) is 29.8 Å². The lowest BCUT2D eigenvalue weighted by molar-refractivity contribution is -0.125. The quantitative estimate of drug-likeness (QED) is 0.875. The first-order valence-corrected chi connectivity index (χ1v) is 10.00. The van der Waals surface area contributed by atoms with Crippen molar-refractivity contribution in [1.82, 2.24) is 10.3 Å². The molecule has 4 rings (SSSR count). The van der Waals surface area contributed by atoms with Crippen LogP contribution in [-0.4, -0.2) is 17.4 Å². The fourth-order valence-corrected chi connectivity index (χ4v) is 4.81. The summed E-state index contributed by atoms with van der Waals surface area (Å²) in [5, 5.41) is 12.3. The molecule has 2 aliphatic rings. The number of aromatic nitrogens is 1. The molecule has 2 fully saturated rings. The smallest absolute Gasteiger partial charge is 0.224 e. The summed E-state index contributed by atoms with van der Waals surface area (Å²) in [7, 11) is 0. The molecule has 1 aromatic carbocycles. The molecule has 0 radical (unpaired) electrons. The summed E-state index contributed by atoms with van der Waals surface area (Å²) in [5.41, 5.74) is 3.35. The molecular formula is C24H25N3O. The van der Waals surface area contributed by atoms with E-state index in [1.807, 2.05) is 48.7 Å². The van der Waals surface area contributed by atoms with Crippen molar-refractivity contribution in [2.45, 2.75) is 20.3 Å². The normalized spacial score (nSPS) is 29.3. The molecule has 1 aliphatic heterocycles. The predicted octanol–water partition coefficient (Wildman–Crippen LogP) is 4.29. The van der Waals surface area contributed by atoms with Crippen LogP contribution in [0.2, 0.25) is 0 Å². The van der Waals surface area contributed by atoms with E-state index in [1.54, 1.807) is 0 Å². The summed E-state index contributed by atoms with van der Waals surface area (Å²) >= 11 is 0. The second-order valence-electron chi connectivity index (χ2n) is 8.17. The van der Waals surface area contributed by atoms with Crippen molar-refractivity contribution in [3.8, 4) is 17.2 Å². The number of hydrogen-bond acceptors (Lipinski definition) is 3. The molecular weight excluding hydrogens is 346 g/mol. The topological polar surface area (TPSA) is 65.8 Å². The molecule has 1 saturated carbocycles. The number of allylic oxidation sites excluding steroid dienone is 1. The molecule has 1 aromatic heterocycles. The molecule has 2 heterocycles. The van der Waals surface area contributed by atoms with Crippen molar-refractivity contribution in [3.63, 3.8) is 0 Å². The Hall–Kier alpha value is -2.93. The fraction of sp³-hybridized carbons (Fsp3) is 0.375. The first kappa shape index (κ1) is 18.4.